The van der Waals surface area contributed by atoms with Crippen LogP contribution in [0, 0.1) is 12.8 Å². The van der Waals surface area contributed by atoms with Gasteiger partial charge in [0.05, 0.1) is 17.1 Å². The Hall–Kier alpha value is -1.51. The molecule has 0 aromatic carbocycles. The van der Waals surface area contributed by atoms with Crippen LogP contribution in [-0.4, -0.2) is 16.5 Å². The highest BCUT2D eigenvalue weighted by Gasteiger charge is 2.17. The lowest BCUT2D eigenvalue weighted by Crippen LogP contribution is -2.17. The minimum Gasteiger partial charge on any atom is -0.293 e. The molecule has 0 spiro atoms. The second kappa shape index (κ2) is 10.6. The molecule has 1 atom stereocenters. The molecule has 1 unspecified atom stereocenters. The standard InChI is InChI=1S/C23H36N2O/c1-5-7-11-17(3)15-23(26)21(13-8-6-2)25-22-16-19-12-9-10-14-20(19)24-18(22)4/h16-17H,5-15H2,1-4H3. The van der Waals surface area contributed by atoms with Gasteiger partial charge in [-0.1, -0.05) is 46.5 Å². The molecule has 3 heteroatoms. The molecule has 0 amide bonds. The van der Waals surface area contributed by atoms with E-state index in [0.29, 0.717) is 12.3 Å². The summed E-state index contributed by atoms with van der Waals surface area (Å²) in [7, 11) is 0. The number of pyridine rings is 1. The first-order valence-corrected chi connectivity index (χ1v) is 10.6. The Morgan fingerprint density at radius 3 is 2.65 bits per heavy atom. The van der Waals surface area contributed by atoms with Crippen molar-refractivity contribution in [3.05, 3.63) is 23.0 Å². The van der Waals surface area contributed by atoms with E-state index >= 15 is 0 Å². The van der Waals surface area contributed by atoms with E-state index in [1.807, 2.05) is 6.92 Å². The van der Waals surface area contributed by atoms with Crippen molar-refractivity contribution < 1.29 is 4.79 Å². The van der Waals surface area contributed by atoms with Gasteiger partial charge >= 0.3 is 0 Å². The predicted octanol–water partition coefficient (Wildman–Crippen LogP) is 6.32. The molecule has 1 heterocycles. The minimum atomic E-state index is 0.235. The summed E-state index contributed by atoms with van der Waals surface area (Å²) in [5.74, 6) is 0.677. The van der Waals surface area contributed by atoms with E-state index in [0.717, 1.165) is 55.6 Å². The number of aliphatic imine (C=N–C) groups is 1. The number of rotatable bonds is 10. The van der Waals surface area contributed by atoms with Crippen LogP contribution in [0.1, 0.15) is 95.5 Å². The minimum absolute atomic E-state index is 0.235. The predicted molar refractivity (Wildman–Crippen MR) is 111 cm³/mol. The lowest BCUT2D eigenvalue weighted by Gasteiger charge is -2.17. The number of nitrogens with zero attached hydrogens (tertiary/aromatic N) is 2. The molecule has 26 heavy (non-hydrogen) atoms. The van der Waals surface area contributed by atoms with Crippen LogP contribution in [-0.2, 0) is 17.6 Å². The molecule has 0 radical (unpaired) electrons. The number of hydrogen-bond acceptors (Lipinski definition) is 3. The summed E-state index contributed by atoms with van der Waals surface area (Å²) < 4.78 is 0. The van der Waals surface area contributed by atoms with Crippen molar-refractivity contribution in [1.82, 2.24) is 4.98 Å². The third-order valence-electron chi connectivity index (χ3n) is 5.39. The molecule has 144 valence electrons. The summed E-state index contributed by atoms with van der Waals surface area (Å²) >= 11 is 0. The van der Waals surface area contributed by atoms with Crippen molar-refractivity contribution >= 4 is 17.2 Å². The van der Waals surface area contributed by atoms with E-state index < -0.39 is 0 Å². The van der Waals surface area contributed by atoms with Crippen LogP contribution in [0.15, 0.2) is 11.1 Å². The number of aromatic nitrogens is 1. The van der Waals surface area contributed by atoms with Crippen LogP contribution < -0.4 is 0 Å². The Balaban J connectivity index is 2.21. The maximum Gasteiger partial charge on any atom is 0.177 e. The normalized spacial score (nSPS) is 15.6. The lowest BCUT2D eigenvalue weighted by atomic mass is 9.94. The number of carbonyl (C=O) groups is 1. The third kappa shape index (κ3) is 6.03. The van der Waals surface area contributed by atoms with Gasteiger partial charge in [-0.2, -0.15) is 0 Å². The van der Waals surface area contributed by atoms with Gasteiger partial charge in [0.15, 0.2) is 5.78 Å². The lowest BCUT2D eigenvalue weighted by molar-refractivity contribution is -0.113. The van der Waals surface area contributed by atoms with E-state index in [2.05, 4.69) is 26.8 Å². The summed E-state index contributed by atoms with van der Waals surface area (Å²) in [5.41, 5.74) is 5.20. The van der Waals surface area contributed by atoms with Gasteiger partial charge in [-0.3, -0.25) is 9.78 Å². The van der Waals surface area contributed by atoms with E-state index in [4.69, 9.17) is 9.98 Å². The molecule has 1 aromatic heterocycles. The second-order valence-electron chi connectivity index (χ2n) is 7.94. The highest BCUT2D eigenvalue weighted by atomic mass is 16.1. The SMILES string of the molecule is CCCCC(=Nc1cc2c(nc1C)CCCC2)C(=O)CC(C)CCCC. The number of unbranched alkanes of at least 4 members (excludes halogenated alkanes) is 2. The first-order valence-electron chi connectivity index (χ1n) is 10.6. The first-order chi connectivity index (χ1) is 12.5. The van der Waals surface area contributed by atoms with Crippen molar-refractivity contribution in [2.45, 2.75) is 98.3 Å². The number of carbonyl (C=O) groups excluding carboxylic acids is 1. The van der Waals surface area contributed by atoms with Gasteiger partial charge < -0.3 is 0 Å². The number of ketones is 1. The Labute approximate surface area is 159 Å². The summed E-state index contributed by atoms with van der Waals surface area (Å²) in [6.07, 6.45) is 11.7. The zero-order valence-electron chi connectivity index (χ0n) is 17.2. The maximum atomic E-state index is 12.9. The van der Waals surface area contributed by atoms with Crippen molar-refractivity contribution in [2.24, 2.45) is 10.9 Å². The van der Waals surface area contributed by atoms with Crippen LogP contribution >= 0.6 is 0 Å². The van der Waals surface area contributed by atoms with Gasteiger partial charge in [-0.05, 0) is 63.0 Å². The van der Waals surface area contributed by atoms with E-state index in [1.54, 1.807) is 0 Å². The average Bonchev–Trinajstić information content (AvgIpc) is 2.63. The van der Waals surface area contributed by atoms with Gasteiger partial charge in [0, 0.05) is 12.1 Å². The fourth-order valence-electron chi connectivity index (χ4n) is 3.67. The molecule has 1 aliphatic rings. The summed E-state index contributed by atoms with van der Waals surface area (Å²) in [4.78, 5) is 22.5. The van der Waals surface area contributed by atoms with Crippen LogP contribution in [0.3, 0.4) is 0 Å². The topological polar surface area (TPSA) is 42.3 Å². The van der Waals surface area contributed by atoms with Gasteiger partial charge in [-0.25, -0.2) is 4.99 Å². The molecular formula is C23H36N2O. The van der Waals surface area contributed by atoms with Crippen LogP contribution in [0.5, 0.6) is 0 Å². The summed E-state index contributed by atoms with van der Waals surface area (Å²) in [6, 6.07) is 2.19. The molecule has 0 fully saturated rings. The highest BCUT2D eigenvalue weighted by Crippen LogP contribution is 2.27. The van der Waals surface area contributed by atoms with Gasteiger partial charge in [-0.15, -0.1) is 0 Å². The average molecular weight is 357 g/mol. The van der Waals surface area contributed by atoms with Crippen molar-refractivity contribution in [3.63, 3.8) is 0 Å². The molecule has 1 aromatic rings. The van der Waals surface area contributed by atoms with Crippen molar-refractivity contribution in [1.29, 1.82) is 0 Å². The number of fused-ring (bicyclic) bond motifs is 1. The number of aryl methyl sites for hydroxylation is 3. The molecule has 0 saturated heterocycles. The van der Waals surface area contributed by atoms with Gasteiger partial charge in [0.1, 0.15) is 0 Å². The smallest absolute Gasteiger partial charge is 0.177 e. The molecular weight excluding hydrogens is 320 g/mol. The number of Topliss-reactive ketones (excluding diaryl/α,β-unsaturated/α-hetero) is 1. The monoisotopic (exact) mass is 356 g/mol. The fourth-order valence-corrected chi connectivity index (χ4v) is 3.67. The van der Waals surface area contributed by atoms with Crippen molar-refractivity contribution in [2.75, 3.05) is 0 Å². The zero-order valence-corrected chi connectivity index (χ0v) is 17.2. The van der Waals surface area contributed by atoms with Crippen LogP contribution in [0.2, 0.25) is 0 Å². The largest absolute Gasteiger partial charge is 0.293 e. The van der Waals surface area contributed by atoms with E-state index in [9.17, 15) is 4.79 Å². The van der Waals surface area contributed by atoms with Crippen LogP contribution in [0.25, 0.3) is 0 Å². The quantitative estimate of drug-likeness (QED) is 0.460. The van der Waals surface area contributed by atoms with E-state index in [-0.39, 0.29) is 5.78 Å². The molecule has 0 N–H and O–H groups in total. The van der Waals surface area contributed by atoms with E-state index in [1.165, 1.54) is 36.9 Å². The fraction of sp³-hybridized carbons (Fsp3) is 0.696. The molecule has 3 nitrogen and oxygen atoms in total. The maximum absolute atomic E-state index is 12.9. The van der Waals surface area contributed by atoms with Crippen molar-refractivity contribution in [3.8, 4) is 0 Å². The van der Waals surface area contributed by atoms with Gasteiger partial charge in [0.25, 0.3) is 0 Å². The highest BCUT2D eigenvalue weighted by molar-refractivity contribution is 6.40. The van der Waals surface area contributed by atoms with Gasteiger partial charge in [0.2, 0.25) is 0 Å². The third-order valence-corrected chi connectivity index (χ3v) is 5.39. The molecule has 0 aliphatic heterocycles. The first kappa shape index (κ1) is 20.8. The molecule has 0 bridgehead atoms. The summed E-state index contributed by atoms with van der Waals surface area (Å²) in [5, 5.41) is 0. The molecule has 0 saturated carbocycles. The Kier molecular flexibility index (Phi) is 8.47. The second-order valence-corrected chi connectivity index (χ2v) is 7.94. The Morgan fingerprint density at radius 1 is 1.19 bits per heavy atom. The molecule has 2 rings (SSSR count). The molecule has 1 aliphatic carbocycles. The Morgan fingerprint density at radius 2 is 1.92 bits per heavy atom. The van der Waals surface area contributed by atoms with Crippen LogP contribution in [0.4, 0.5) is 5.69 Å². The zero-order chi connectivity index (χ0) is 18.9. The summed E-state index contributed by atoms with van der Waals surface area (Å²) in [6.45, 7) is 8.59. The number of hydrogen-bond donors (Lipinski definition) is 0. The Bertz CT molecular complexity index is 633.